The van der Waals surface area contributed by atoms with Crippen molar-refractivity contribution in [1.29, 1.82) is 0 Å². The van der Waals surface area contributed by atoms with Crippen LogP contribution in [0.2, 0.25) is 0 Å². The Hall–Kier alpha value is -3.35. The highest BCUT2D eigenvalue weighted by Crippen LogP contribution is 2.44. The molecule has 2 amide bonds. The maximum atomic E-state index is 13.4. The Balaban J connectivity index is 1.28. The van der Waals surface area contributed by atoms with Crippen LogP contribution in [0.1, 0.15) is 62.5 Å². The van der Waals surface area contributed by atoms with Crippen molar-refractivity contribution in [3.63, 3.8) is 0 Å². The number of benzene rings is 2. The number of hydrogen-bond donors (Lipinski definition) is 2. The van der Waals surface area contributed by atoms with Gasteiger partial charge < -0.3 is 20.1 Å². The van der Waals surface area contributed by atoms with Gasteiger partial charge in [0.15, 0.2) is 0 Å². The van der Waals surface area contributed by atoms with Gasteiger partial charge in [0.2, 0.25) is 5.91 Å². The average molecular weight is 477 g/mol. The molecule has 2 saturated carbocycles. The topological polar surface area (TPSA) is 95.9 Å². The summed E-state index contributed by atoms with van der Waals surface area (Å²) in [6.07, 6.45) is 4.19. The van der Waals surface area contributed by atoms with Gasteiger partial charge in [-0.2, -0.15) is 0 Å². The lowest BCUT2D eigenvalue weighted by molar-refractivity contribution is -0.149. The lowest BCUT2D eigenvalue weighted by atomic mass is 9.73. The highest BCUT2D eigenvalue weighted by molar-refractivity contribution is 5.85. The molecule has 2 fully saturated rings. The zero-order valence-electron chi connectivity index (χ0n) is 20.0. The number of alkyl carbamates (subject to hydrolysis) is 1. The van der Waals surface area contributed by atoms with Crippen molar-refractivity contribution < 1.29 is 24.2 Å². The van der Waals surface area contributed by atoms with Crippen molar-refractivity contribution in [2.45, 2.75) is 62.9 Å². The Labute approximate surface area is 205 Å². The van der Waals surface area contributed by atoms with E-state index in [2.05, 4.69) is 29.6 Å². The molecule has 2 aromatic carbocycles. The van der Waals surface area contributed by atoms with Crippen LogP contribution in [0.25, 0.3) is 11.1 Å². The molecule has 2 N–H and O–H groups in total. The number of nitrogens with one attached hydrogen (secondary N) is 1. The van der Waals surface area contributed by atoms with Gasteiger partial charge in [0.25, 0.3) is 0 Å². The van der Waals surface area contributed by atoms with Gasteiger partial charge in [-0.3, -0.25) is 9.59 Å². The number of rotatable bonds is 7. The monoisotopic (exact) mass is 476 g/mol. The van der Waals surface area contributed by atoms with Crippen LogP contribution in [0.5, 0.6) is 0 Å². The first kappa shape index (κ1) is 23.4. The minimum atomic E-state index is -1.01. The van der Waals surface area contributed by atoms with E-state index in [0.717, 1.165) is 36.8 Å². The number of amides is 2. The lowest BCUT2D eigenvalue weighted by Crippen LogP contribution is -2.58. The third kappa shape index (κ3) is 4.64. The summed E-state index contributed by atoms with van der Waals surface area (Å²) in [5.74, 6) is -1.68. The van der Waals surface area contributed by atoms with E-state index in [-0.39, 0.29) is 31.0 Å². The maximum absolute atomic E-state index is 13.4. The summed E-state index contributed by atoms with van der Waals surface area (Å²) in [7, 11) is 0. The largest absolute Gasteiger partial charge is 0.480 e. The van der Waals surface area contributed by atoms with Crippen LogP contribution < -0.4 is 5.32 Å². The quantitative estimate of drug-likeness (QED) is 0.611. The van der Waals surface area contributed by atoms with Crippen molar-refractivity contribution in [2.24, 2.45) is 5.92 Å². The second kappa shape index (κ2) is 9.36. The predicted molar refractivity (Wildman–Crippen MR) is 131 cm³/mol. The number of ether oxygens (including phenoxy) is 1. The molecule has 3 aliphatic rings. The molecule has 3 aliphatic carbocycles. The van der Waals surface area contributed by atoms with Gasteiger partial charge >= 0.3 is 12.1 Å². The summed E-state index contributed by atoms with van der Waals surface area (Å²) >= 11 is 0. The number of carboxylic acids is 1. The van der Waals surface area contributed by atoms with E-state index in [0.29, 0.717) is 12.8 Å². The summed E-state index contributed by atoms with van der Waals surface area (Å²) < 4.78 is 5.75. The molecule has 0 spiro atoms. The minimum Gasteiger partial charge on any atom is -0.480 e. The molecule has 2 aromatic rings. The maximum Gasteiger partial charge on any atom is 0.407 e. The molecule has 184 valence electrons. The Bertz CT molecular complexity index is 1100. The average Bonchev–Trinajstić information content (AvgIpc) is 3.63. The van der Waals surface area contributed by atoms with Gasteiger partial charge in [-0.15, -0.1) is 0 Å². The second-order valence-corrected chi connectivity index (χ2v) is 10.3. The van der Waals surface area contributed by atoms with E-state index >= 15 is 0 Å². The molecule has 0 bridgehead atoms. The Morgan fingerprint density at radius 2 is 1.63 bits per heavy atom. The van der Waals surface area contributed by atoms with E-state index in [4.69, 9.17) is 4.74 Å². The van der Waals surface area contributed by atoms with Crippen LogP contribution in [0.15, 0.2) is 48.5 Å². The fourth-order valence-electron chi connectivity index (χ4n) is 5.87. The third-order valence-corrected chi connectivity index (χ3v) is 7.81. The summed E-state index contributed by atoms with van der Waals surface area (Å²) in [5.41, 5.74) is 3.85. The van der Waals surface area contributed by atoms with E-state index in [1.165, 1.54) is 16.0 Å². The fourth-order valence-corrected chi connectivity index (χ4v) is 5.87. The Morgan fingerprint density at radius 1 is 1.00 bits per heavy atom. The van der Waals surface area contributed by atoms with Gasteiger partial charge in [0.1, 0.15) is 13.2 Å². The van der Waals surface area contributed by atoms with Crippen LogP contribution in [-0.2, 0) is 14.3 Å². The Kier molecular flexibility index (Phi) is 6.26. The highest BCUT2D eigenvalue weighted by Gasteiger charge is 2.47. The van der Waals surface area contributed by atoms with Gasteiger partial charge in [-0.25, -0.2) is 4.79 Å². The van der Waals surface area contributed by atoms with E-state index < -0.39 is 23.5 Å². The minimum absolute atomic E-state index is 0.000712. The summed E-state index contributed by atoms with van der Waals surface area (Å²) in [6.45, 7) is 1.81. The van der Waals surface area contributed by atoms with Crippen LogP contribution in [0.4, 0.5) is 4.79 Å². The first-order chi connectivity index (χ1) is 16.9. The molecule has 35 heavy (non-hydrogen) atoms. The van der Waals surface area contributed by atoms with Crippen molar-refractivity contribution in [3.05, 3.63) is 59.7 Å². The molecule has 5 rings (SSSR count). The number of carbonyl (C=O) groups is 3. The SMILES string of the molecule is CC1(NC(=O)OCC2c3ccccc3-c3ccccc32)CCCCC1C(=O)N(CC(=O)O)C1CC1. The fraction of sp³-hybridized carbons (Fsp3) is 0.464. The predicted octanol–water partition coefficient (Wildman–Crippen LogP) is 4.55. The van der Waals surface area contributed by atoms with E-state index in [1.807, 2.05) is 31.2 Å². The molecule has 2 unspecified atom stereocenters. The Morgan fingerprint density at radius 3 is 2.23 bits per heavy atom. The number of nitrogens with zero attached hydrogens (tertiary/aromatic N) is 1. The number of carbonyl (C=O) groups excluding carboxylic acids is 2. The first-order valence-electron chi connectivity index (χ1n) is 12.5. The first-order valence-corrected chi connectivity index (χ1v) is 12.5. The zero-order chi connectivity index (χ0) is 24.6. The van der Waals surface area contributed by atoms with E-state index in [9.17, 15) is 19.5 Å². The molecule has 0 saturated heterocycles. The van der Waals surface area contributed by atoms with Crippen molar-refractivity contribution in [3.8, 4) is 11.1 Å². The summed E-state index contributed by atoms with van der Waals surface area (Å²) in [5, 5.41) is 12.3. The van der Waals surface area contributed by atoms with Gasteiger partial charge in [0, 0.05) is 12.0 Å². The third-order valence-electron chi connectivity index (χ3n) is 7.81. The molecular weight excluding hydrogens is 444 g/mol. The van der Waals surface area contributed by atoms with Gasteiger partial charge in [0.05, 0.1) is 11.5 Å². The van der Waals surface area contributed by atoms with Crippen molar-refractivity contribution >= 4 is 18.0 Å². The van der Waals surface area contributed by atoms with E-state index in [1.54, 1.807) is 0 Å². The molecule has 7 nitrogen and oxygen atoms in total. The van der Waals surface area contributed by atoms with Crippen molar-refractivity contribution in [1.82, 2.24) is 10.2 Å². The van der Waals surface area contributed by atoms with Gasteiger partial charge in [-0.05, 0) is 54.9 Å². The number of fused-ring (bicyclic) bond motifs is 3. The molecule has 0 heterocycles. The highest BCUT2D eigenvalue weighted by atomic mass is 16.5. The standard InChI is InChI=1S/C28H32N2O5/c1-28(15-7-6-12-24(28)26(33)30(16-25(31)32)18-13-14-18)29-27(34)35-17-23-21-10-4-2-8-19(21)20-9-3-5-11-22(20)23/h2-5,8-11,18,23-24H,6-7,12-17H2,1H3,(H,29,34)(H,31,32). The van der Waals surface area contributed by atoms with Crippen molar-refractivity contribution in [2.75, 3.05) is 13.2 Å². The molecule has 0 aromatic heterocycles. The van der Waals surface area contributed by atoms with Crippen LogP contribution >= 0.6 is 0 Å². The molecule has 7 heteroatoms. The number of hydrogen-bond acceptors (Lipinski definition) is 4. The van der Waals surface area contributed by atoms with Gasteiger partial charge in [-0.1, -0.05) is 61.4 Å². The smallest absolute Gasteiger partial charge is 0.407 e. The summed E-state index contributed by atoms with van der Waals surface area (Å²) in [4.78, 5) is 39.3. The molecule has 0 radical (unpaired) electrons. The number of aliphatic carboxylic acids is 1. The molecule has 2 atom stereocenters. The van der Waals surface area contributed by atoms with Crippen LogP contribution in [0.3, 0.4) is 0 Å². The normalized spacial score (nSPS) is 23.2. The molecular formula is C28H32N2O5. The molecule has 0 aliphatic heterocycles. The zero-order valence-corrected chi connectivity index (χ0v) is 20.0. The lowest BCUT2D eigenvalue weighted by Gasteiger charge is -2.42. The number of carboxylic acid groups (broad SMARTS) is 1. The van der Waals surface area contributed by atoms with Crippen LogP contribution in [-0.4, -0.2) is 52.7 Å². The van der Waals surface area contributed by atoms with Crippen LogP contribution in [0, 0.1) is 5.92 Å². The summed E-state index contributed by atoms with van der Waals surface area (Å²) in [6, 6.07) is 16.4. The second-order valence-electron chi connectivity index (χ2n) is 10.3.